The van der Waals surface area contributed by atoms with Crippen LogP contribution in [0.1, 0.15) is 38.9 Å². The van der Waals surface area contributed by atoms with Crippen LogP contribution in [0.3, 0.4) is 0 Å². The largest absolute Gasteiger partial charge is 0.347 e. The van der Waals surface area contributed by atoms with Crippen molar-refractivity contribution < 1.29 is 0 Å². The highest BCUT2D eigenvalue weighted by atomic mass is 32.1. The summed E-state index contributed by atoms with van der Waals surface area (Å²) in [6.45, 7) is 6.19. The highest BCUT2D eigenvalue weighted by molar-refractivity contribution is 7.09. The molecule has 0 saturated heterocycles. The Kier molecular flexibility index (Phi) is 3.90. The quantitative estimate of drug-likeness (QED) is 0.774. The van der Waals surface area contributed by atoms with E-state index in [4.69, 9.17) is 6.42 Å². The fourth-order valence-electron chi connectivity index (χ4n) is 0.939. The zero-order chi connectivity index (χ0) is 10.6. The van der Waals surface area contributed by atoms with Gasteiger partial charge in [0.2, 0.25) is 5.13 Å². The molecule has 0 aliphatic heterocycles. The van der Waals surface area contributed by atoms with Gasteiger partial charge in [-0.3, -0.25) is 0 Å². The Bertz CT molecular complexity index is 324. The maximum Gasteiger partial charge on any atom is 0.203 e. The molecule has 1 aromatic rings. The summed E-state index contributed by atoms with van der Waals surface area (Å²) >= 11 is 1.37. The SMILES string of the molecule is C#CC(CC)Nc1nc(C(C)C)ns1. The molecule has 0 aliphatic carbocycles. The van der Waals surface area contributed by atoms with Gasteiger partial charge in [-0.25, -0.2) is 4.98 Å². The minimum Gasteiger partial charge on any atom is -0.347 e. The number of aromatic nitrogens is 2. The highest BCUT2D eigenvalue weighted by Gasteiger charge is 2.09. The van der Waals surface area contributed by atoms with Crippen molar-refractivity contribution in [1.29, 1.82) is 0 Å². The number of hydrogen-bond acceptors (Lipinski definition) is 4. The summed E-state index contributed by atoms with van der Waals surface area (Å²) in [4.78, 5) is 4.35. The van der Waals surface area contributed by atoms with Crippen molar-refractivity contribution in [2.75, 3.05) is 5.32 Å². The topological polar surface area (TPSA) is 37.8 Å². The molecule has 14 heavy (non-hydrogen) atoms. The van der Waals surface area contributed by atoms with E-state index in [-0.39, 0.29) is 6.04 Å². The molecular weight excluding hydrogens is 194 g/mol. The summed E-state index contributed by atoms with van der Waals surface area (Å²) in [6.07, 6.45) is 6.24. The first kappa shape index (κ1) is 11.0. The number of rotatable bonds is 4. The molecule has 0 spiro atoms. The predicted molar refractivity (Wildman–Crippen MR) is 60.5 cm³/mol. The van der Waals surface area contributed by atoms with Crippen LogP contribution in [0.25, 0.3) is 0 Å². The number of terminal acetylenes is 1. The molecule has 3 nitrogen and oxygen atoms in total. The second kappa shape index (κ2) is 4.97. The van der Waals surface area contributed by atoms with Crippen LogP contribution >= 0.6 is 11.5 Å². The van der Waals surface area contributed by atoms with Gasteiger partial charge in [0.05, 0.1) is 6.04 Å². The lowest BCUT2D eigenvalue weighted by atomic mass is 10.2. The normalized spacial score (nSPS) is 12.5. The van der Waals surface area contributed by atoms with Gasteiger partial charge >= 0.3 is 0 Å². The average molecular weight is 209 g/mol. The van der Waals surface area contributed by atoms with E-state index in [0.717, 1.165) is 17.4 Å². The molecule has 0 fully saturated rings. The Hall–Kier alpha value is -1.08. The molecular formula is C10H15N3S. The van der Waals surface area contributed by atoms with Crippen molar-refractivity contribution in [3.63, 3.8) is 0 Å². The summed E-state index contributed by atoms with van der Waals surface area (Å²) in [6, 6.07) is 0.0583. The smallest absolute Gasteiger partial charge is 0.203 e. The van der Waals surface area contributed by atoms with Crippen LogP contribution < -0.4 is 5.32 Å². The molecule has 1 unspecified atom stereocenters. The van der Waals surface area contributed by atoms with Gasteiger partial charge in [0, 0.05) is 17.5 Å². The van der Waals surface area contributed by atoms with Gasteiger partial charge in [-0.15, -0.1) is 6.42 Å². The number of nitrogens with zero attached hydrogens (tertiary/aromatic N) is 2. The molecule has 0 aliphatic rings. The highest BCUT2D eigenvalue weighted by Crippen LogP contribution is 2.18. The minimum atomic E-state index is 0.0583. The van der Waals surface area contributed by atoms with Crippen LogP contribution in [0.4, 0.5) is 5.13 Å². The predicted octanol–water partition coefficient (Wildman–Crippen LogP) is 2.49. The maximum absolute atomic E-state index is 5.34. The lowest BCUT2D eigenvalue weighted by molar-refractivity contribution is 0.794. The van der Waals surface area contributed by atoms with Crippen LogP contribution in [0.15, 0.2) is 0 Å². The molecule has 0 bridgehead atoms. The maximum atomic E-state index is 5.34. The lowest BCUT2D eigenvalue weighted by Gasteiger charge is -2.07. The molecule has 1 N–H and O–H groups in total. The van der Waals surface area contributed by atoms with E-state index >= 15 is 0 Å². The molecule has 0 radical (unpaired) electrons. The summed E-state index contributed by atoms with van der Waals surface area (Å²) in [5.41, 5.74) is 0. The van der Waals surface area contributed by atoms with Crippen LogP contribution in [0.5, 0.6) is 0 Å². The second-order valence-electron chi connectivity index (χ2n) is 3.38. The first-order valence-electron chi connectivity index (χ1n) is 4.73. The number of nitrogens with one attached hydrogen (secondary N) is 1. The third-order valence-electron chi connectivity index (χ3n) is 1.87. The molecule has 1 heterocycles. The van der Waals surface area contributed by atoms with Crippen LogP contribution in [-0.2, 0) is 0 Å². The molecule has 0 aromatic carbocycles. The van der Waals surface area contributed by atoms with Crippen molar-refractivity contribution >= 4 is 16.7 Å². The van der Waals surface area contributed by atoms with Crippen LogP contribution in [-0.4, -0.2) is 15.4 Å². The Labute approximate surface area is 89.1 Å². The lowest BCUT2D eigenvalue weighted by Crippen LogP contribution is -2.15. The Morgan fingerprint density at radius 2 is 2.29 bits per heavy atom. The first-order valence-corrected chi connectivity index (χ1v) is 5.51. The van der Waals surface area contributed by atoms with Gasteiger partial charge < -0.3 is 5.32 Å². The van der Waals surface area contributed by atoms with E-state index in [9.17, 15) is 0 Å². The summed E-state index contributed by atoms with van der Waals surface area (Å²) < 4.78 is 4.24. The molecule has 1 atom stereocenters. The average Bonchev–Trinajstić information content (AvgIpc) is 2.62. The fourth-order valence-corrected chi connectivity index (χ4v) is 1.70. The van der Waals surface area contributed by atoms with Gasteiger partial charge in [-0.05, 0) is 6.42 Å². The third kappa shape index (κ3) is 2.71. The molecule has 76 valence electrons. The molecule has 0 amide bonds. The fraction of sp³-hybridized carbons (Fsp3) is 0.600. The number of hydrogen-bond donors (Lipinski definition) is 1. The van der Waals surface area contributed by atoms with Crippen LogP contribution in [0, 0.1) is 12.3 Å². The van der Waals surface area contributed by atoms with E-state index in [0.29, 0.717) is 5.92 Å². The van der Waals surface area contributed by atoms with Crippen LogP contribution in [0.2, 0.25) is 0 Å². The zero-order valence-electron chi connectivity index (χ0n) is 8.74. The molecule has 1 aromatic heterocycles. The standard InChI is InChI=1S/C10H15N3S/c1-5-8(6-2)11-10-12-9(7(3)4)13-14-10/h1,7-8H,6H2,2-4H3,(H,11,12,13). The molecule has 4 heteroatoms. The van der Waals surface area contributed by atoms with Gasteiger partial charge in [0.15, 0.2) is 0 Å². The monoisotopic (exact) mass is 209 g/mol. The van der Waals surface area contributed by atoms with Crippen molar-refractivity contribution in [2.45, 2.75) is 39.2 Å². The van der Waals surface area contributed by atoms with E-state index in [1.807, 2.05) is 6.92 Å². The Morgan fingerprint density at radius 1 is 1.57 bits per heavy atom. The van der Waals surface area contributed by atoms with Crippen molar-refractivity contribution in [3.8, 4) is 12.3 Å². The van der Waals surface area contributed by atoms with Gasteiger partial charge in [0.25, 0.3) is 0 Å². The van der Waals surface area contributed by atoms with E-state index in [1.54, 1.807) is 0 Å². The van der Waals surface area contributed by atoms with Crippen molar-refractivity contribution in [2.24, 2.45) is 0 Å². The first-order chi connectivity index (χ1) is 6.67. The van der Waals surface area contributed by atoms with Crippen molar-refractivity contribution in [3.05, 3.63) is 5.82 Å². The number of anilines is 1. The van der Waals surface area contributed by atoms with E-state index < -0.39 is 0 Å². The van der Waals surface area contributed by atoms with E-state index in [2.05, 4.69) is 34.4 Å². The summed E-state index contributed by atoms with van der Waals surface area (Å²) in [5.74, 6) is 3.91. The van der Waals surface area contributed by atoms with E-state index in [1.165, 1.54) is 11.5 Å². The molecule has 0 saturated carbocycles. The van der Waals surface area contributed by atoms with Crippen molar-refractivity contribution in [1.82, 2.24) is 9.36 Å². The molecule has 1 rings (SSSR count). The van der Waals surface area contributed by atoms with Gasteiger partial charge in [-0.1, -0.05) is 26.7 Å². The van der Waals surface area contributed by atoms with Gasteiger partial charge in [-0.2, -0.15) is 4.37 Å². The Balaban J connectivity index is 2.64. The summed E-state index contributed by atoms with van der Waals surface area (Å²) in [5, 5.41) is 3.98. The second-order valence-corrected chi connectivity index (χ2v) is 4.14. The van der Waals surface area contributed by atoms with Gasteiger partial charge in [0.1, 0.15) is 5.82 Å². The summed E-state index contributed by atoms with van der Waals surface area (Å²) in [7, 11) is 0. The minimum absolute atomic E-state index is 0.0583. The Morgan fingerprint density at radius 3 is 2.71 bits per heavy atom. The zero-order valence-corrected chi connectivity index (χ0v) is 9.56. The third-order valence-corrected chi connectivity index (χ3v) is 2.53.